The fourth-order valence-corrected chi connectivity index (χ4v) is 3.91. The molecular formula is C19H18ClNO. The topological polar surface area (TPSA) is 21.3 Å². The second-order valence-corrected chi connectivity index (χ2v) is 6.42. The van der Waals surface area contributed by atoms with E-state index in [-0.39, 0.29) is 0 Å². The molecule has 4 rings (SSSR count). The van der Waals surface area contributed by atoms with Crippen LogP contribution < -0.4 is 10.1 Å². The molecule has 2 aliphatic rings. The summed E-state index contributed by atoms with van der Waals surface area (Å²) < 4.78 is 5.38. The van der Waals surface area contributed by atoms with Gasteiger partial charge in [-0.15, -0.1) is 0 Å². The van der Waals surface area contributed by atoms with E-state index in [1.165, 1.54) is 16.8 Å². The Morgan fingerprint density at radius 1 is 1.18 bits per heavy atom. The van der Waals surface area contributed by atoms with Gasteiger partial charge >= 0.3 is 0 Å². The van der Waals surface area contributed by atoms with Gasteiger partial charge < -0.3 is 10.1 Å². The maximum atomic E-state index is 6.19. The van der Waals surface area contributed by atoms with Crippen molar-refractivity contribution < 1.29 is 4.74 Å². The number of methoxy groups -OCH3 is 1. The van der Waals surface area contributed by atoms with Gasteiger partial charge in [-0.05, 0) is 53.8 Å². The summed E-state index contributed by atoms with van der Waals surface area (Å²) in [5.74, 6) is 1.87. The monoisotopic (exact) mass is 311 g/mol. The second kappa shape index (κ2) is 5.36. The number of halogens is 1. The predicted octanol–water partition coefficient (Wildman–Crippen LogP) is 5.18. The lowest BCUT2D eigenvalue weighted by atomic mass is 9.77. The highest BCUT2D eigenvalue weighted by Gasteiger charge is 2.37. The average Bonchev–Trinajstić information content (AvgIpc) is 3.04. The molecule has 0 unspecified atom stereocenters. The first-order valence-corrected chi connectivity index (χ1v) is 8.00. The van der Waals surface area contributed by atoms with E-state index >= 15 is 0 Å². The largest absolute Gasteiger partial charge is 0.497 e. The van der Waals surface area contributed by atoms with Crippen LogP contribution in [0.25, 0.3) is 0 Å². The first-order chi connectivity index (χ1) is 10.8. The van der Waals surface area contributed by atoms with Crippen LogP contribution in [0, 0.1) is 5.92 Å². The summed E-state index contributed by atoms with van der Waals surface area (Å²) in [6.45, 7) is 0. The standard InChI is InChI=1S/C19H18ClNO/c1-22-14-5-2-4-12(10-14)19-16-7-3-6-15(16)17-11-13(20)8-9-18(17)21-19/h2-6,8-11,15-16,19,21H,7H2,1H3/t15-,16-,19+/m1/s1. The van der Waals surface area contributed by atoms with Gasteiger partial charge in [0.1, 0.15) is 5.75 Å². The summed E-state index contributed by atoms with van der Waals surface area (Å²) >= 11 is 6.19. The number of rotatable bonds is 2. The van der Waals surface area contributed by atoms with Crippen molar-refractivity contribution in [1.29, 1.82) is 0 Å². The fourth-order valence-electron chi connectivity index (χ4n) is 3.73. The summed E-state index contributed by atoms with van der Waals surface area (Å²) in [5.41, 5.74) is 3.77. The van der Waals surface area contributed by atoms with Crippen molar-refractivity contribution in [3.05, 3.63) is 70.8 Å². The van der Waals surface area contributed by atoms with E-state index in [1.807, 2.05) is 12.1 Å². The Hall–Kier alpha value is -1.93. The van der Waals surface area contributed by atoms with E-state index in [9.17, 15) is 0 Å². The molecule has 1 aliphatic heterocycles. The first kappa shape index (κ1) is 13.7. The Balaban J connectivity index is 1.77. The molecule has 0 saturated heterocycles. The molecule has 112 valence electrons. The predicted molar refractivity (Wildman–Crippen MR) is 90.8 cm³/mol. The number of ether oxygens (including phenoxy) is 1. The van der Waals surface area contributed by atoms with Gasteiger partial charge in [0.2, 0.25) is 0 Å². The Morgan fingerprint density at radius 2 is 2.09 bits per heavy atom. The Bertz CT molecular complexity index is 740. The van der Waals surface area contributed by atoms with Gasteiger partial charge in [0.25, 0.3) is 0 Å². The third kappa shape index (κ3) is 2.19. The highest BCUT2D eigenvalue weighted by atomic mass is 35.5. The molecule has 1 heterocycles. The Labute approximate surface area is 135 Å². The van der Waals surface area contributed by atoms with Crippen LogP contribution in [-0.4, -0.2) is 7.11 Å². The van der Waals surface area contributed by atoms with Gasteiger partial charge in [0, 0.05) is 16.6 Å². The van der Waals surface area contributed by atoms with E-state index in [0.717, 1.165) is 17.2 Å². The van der Waals surface area contributed by atoms with Crippen molar-refractivity contribution >= 4 is 17.3 Å². The fraction of sp³-hybridized carbons (Fsp3) is 0.263. The van der Waals surface area contributed by atoms with Crippen LogP contribution in [0.3, 0.4) is 0 Å². The van der Waals surface area contributed by atoms with Crippen LogP contribution >= 0.6 is 11.6 Å². The lowest BCUT2D eigenvalue weighted by molar-refractivity contribution is 0.406. The van der Waals surface area contributed by atoms with Crippen molar-refractivity contribution in [2.75, 3.05) is 12.4 Å². The van der Waals surface area contributed by atoms with Crippen LogP contribution in [0.2, 0.25) is 5.02 Å². The molecule has 1 aliphatic carbocycles. The molecule has 1 N–H and O–H groups in total. The number of fused-ring (bicyclic) bond motifs is 3. The molecule has 2 aromatic rings. The van der Waals surface area contributed by atoms with Crippen LogP contribution in [0.15, 0.2) is 54.6 Å². The van der Waals surface area contributed by atoms with Crippen LogP contribution in [0.5, 0.6) is 5.75 Å². The van der Waals surface area contributed by atoms with Crippen LogP contribution in [-0.2, 0) is 0 Å². The molecule has 0 bridgehead atoms. The molecule has 22 heavy (non-hydrogen) atoms. The molecular weight excluding hydrogens is 294 g/mol. The van der Waals surface area contributed by atoms with Gasteiger partial charge in [-0.25, -0.2) is 0 Å². The smallest absolute Gasteiger partial charge is 0.119 e. The van der Waals surface area contributed by atoms with E-state index in [1.54, 1.807) is 7.11 Å². The van der Waals surface area contributed by atoms with E-state index in [0.29, 0.717) is 17.9 Å². The van der Waals surface area contributed by atoms with Crippen molar-refractivity contribution in [3.63, 3.8) is 0 Å². The average molecular weight is 312 g/mol. The van der Waals surface area contributed by atoms with Gasteiger partial charge in [-0.3, -0.25) is 0 Å². The molecule has 0 spiro atoms. The molecule has 0 fully saturated rings. The number of allylic oxidation sites excluding steroid dienone is 2. The minimum atomic E-state index is 0.295. The lowest BCUT2D eigenvalue weighted by Crippen LogP contribution is -2.29. The molecule has 0 aromatic heterocycles. The van der Waals surface area contributed by atoms with Crippen molar-refractivity contribution in [2.45, 2.75) is 18.4 Å². The van der Waals surface area contributed by atoms with Crippen molar-refractivity contribution in [2.24, 2.45) is 5.92 Å². The molecule has 0 saturated carbocycles. The maximum Gasteiger partial charge on any atom is 0.119 e. The van der Waals surface area contributed by atoms with Gasteiger partial charge in [-0.2, -0.15) is 0 Å². The SMILES string of the molecule is COc1cccc([C@@H]2Nc3ccc(Cl)cc3[C@@H]3C=CC[C@H]32)c1. The minimum absolute atomic E-state index is 0.295. The highest BCUT2D eigenvalue weighted by Crippen LogP contribution is 2.50. The minimum Gasteiger partial charge on any atom is -0.497 e. The highest BCUT2D eigenvalue weighted by molar-refractivity contribution is 6.30. The Kier molecular flexibility index (Phi) is 3.34. The molecule has 0 amide bonds. The zero-order valence-corrected chi connectivity index (χ0v) is 13.2. The summed E-state index contributed by atoms with van der Waals surface area (Å²) in [6, 6.07) is 14.8. The molecule has 0 radical (unpaired) electrons. The third-order valence-corrected chi connectivity index (χ3v) is 5.01. The number of hydrogen-bond acceptors (Lipinski definition) is 2. The third-order valence-electron chi connectivity index (χ3n) is 4.78. The maximum absolute atomic E-state index is 6.19. The summed E-state index contributed by atoms with van der Waals surface area (Å²) in [4.78, 5) is 0. The number of nitrogens with one attached hydrogen (secondary N) is 1. The zero-order chi connectivity index (χ0) is 15.1. The van der Waals surface area contributed by atoms with E-state index in [4.69, 9.17) is 16.3 Å². The first-order valence-electron chi connectivity index (χ1n) is 7.63. The van der Waals surface area contributed by atoms with Crippen molar-refractivity contribution in [1.82, 2.24) is 0 Å². The van der Waals surface area contributed by atoms with Gasteiger partial charge in [0.15, 0.2) is 0 Å². The zero-order valence-electron chi connectivity index (χ0n) is 12.4. The molecule has 3 heteroatoms. The summed E-state index contributed by atoms with van der Waals surface area (Å²) in [6.07, 6.45) is 5.71. The molecule has 2 aromatic carbocycles. The van der Waals surface area contributed by atoms with E-state index < -0.39 is 0 Å². The quantitative estimate of drug-likeness (QED) is 0.772. The van der Waals surface area contributed by atoms with Crippen molar-refractivity contribution in [3.8, 4) is 5.75 Å². The number of benzene rings is 2. The van der Waals surface area contributed by atoms with Gasteiger partial charge in [-0.1, -0.05) is 35.9 Å². The number of hydrogen-bond donors (Lipinski definition) is 1. The molecule has 2 nitrogen and oxygen atoms in total. The molecule has 3 atom stereocenters. The lowest BCUT2D eigenvalue weighted by Gasteiger charge is -2.37. The summed E-state index contributed by atoms with van der Waals surface area (Å²) in [5, 5.41) is 4.51. The van der Waals surface area contributed by atoms with E-state index in [2.05, 4.69) is 47.8 Å². The summed E-state index contributed by atoms with van der Waals surface area (Å²) in [7, 11) is 1.71. The number of anilines is 1. The van der Waals surface area contributed by atoms with Crippen LogP contribution in [0.4, 0.5) is 5.69 Å². The Morgan fingerprint density at radius 3 is 2.95 bits per heavy atom. The normalized spacial score (nSPS) is 25.3. The van der Waals surface area contributed by atoms with Crippen LogP contribution in [0.1, 0.15) is 29.5 Å². The second-order valence-electron chi connectivity index (χ2n) is 5.98. The van der Waals surface area contributed by atoms with Gasteiger partial charge in [0.05, 0.1) is 13.2 Å².